The van der Waals surface area contributed by atoms with Crippen LogP contribution in [0.25, 0.3) is 6.08 Å². The van der Waals surface area contributed by atoms with Crippen molar-refractivity contribution in [1.29, 1.82) is 0 Å². The molecule has 0 saturated carbocycles. The number of allylic oxidation sites excluding steroid dienone is 2. The minimum Gasteiger partial charge on any atom is -0.320 e. The van der Waals surface area contributed by atoms with Gasteiger partial charge in [-0.2, -0.15) is 0 Å². The van der Waals surface area contributed by atoms with Gasteiger partial charge in [-0.3, -0.25) is 14.2 Å². The van der Waals surface area contributed by atoms with Crippen LogP contribution in [0.4, 0.5) is 0 Å². The summed E-state index contributed by atoms with van der Waals surface area (Å²) in [5, 5.41) is 3.36. The van der Waals surface area contributed by atoms with Gasteiger partial charge in [0, 0.05) is 17.8 Å². The molecule has 2 heterocycles. The second-order valence-electron chi connectivity index (χ2n) is 5.27. The van der Waals surface area contributed by atoms with E-state index >= 15 is 0 Å². The largest absolute Gasteiger partial charge is 0.320 e. The molecule has 1 aliphatic heterocycles. The Hall–Kier alpha value is -1.88. The number of aromatic amines is 1. The third-order valence-corrected chi connectivity index (χ3v) is 3.71. The molecule has 1 aliphatic rings. The molecule has 1 saturated heterocycles. The second-order valence-corrected chi connectivity index (χ2v) is 5.27. The average molecular weight is 275 g/mol. The zero-order valence-corrected chi connectivity index (χ0v) is 12.0. The molecule has 2 unspecified atom stereocenters. The van der Waals surface area contributed by atoms with Gasteiger partial charge < -0.3 is 10.3 Å². The molecule has 2 N–H and O–H groups in total. The lowest BCUT2D eigenvalue weighted by molar-refractivity contribution is 0.305. The summed E-state index contributed by atoms with van der Waals surface area (Å²) >= 11 is 0. The highest BCUT2D eigenvalue weighted by Gasteiger charge is 2.23. The van der Waals surface area contributed by atoms with Crippen LogP contribution < -0.4 is 16.4 Å². The molecule has 5 nitrogen and oxygen atoms in total. The van der Waals surface area contributed by atoms with Gasteiger partial charge in [0.1, 0.15) is 0 Å². The Morgan fingerprint density at radius 3 is 2.80 bits per heavy atom. The summed E-state index contributed by atoms with van der Waals surface area (Å²) in [5.41, 5.74) is 0.440. The average Bonchev–Trinajstić information content (AvgIpc) is 2.41. The van der Waals surface area contributed by atoms with Crippen LogP contribution in [0.5, 0.6) is 0 Å². The molecule has 0 radical (unpaired) electrons. The number of aromatic nitrogens is 2. The van der Waals surface area contributed by atoms with Crippen molar-refractivity contribution in [2.24, 2.45) is 0 Å². The Bertz CT molecular complexity index is 639. The Labute approximate surface area is 118 Å². The topological polar surface area (TPSA) is 66.9 Å². The number of nitrogens with one attached hydrogen (secondary N) is 2. The van der Waals surface area contributed by atoms with E-state index in [0.29, 0.717) is 11.7 Å². The fourth-order valence-corrected chi connectivity index (χ4v) is 2.75. The Morgan fingerprint density at radius 1 is 1.40 bits per heavy atom. The van der Waals surface area contributed by atoms with Crippen LogP contribution in [0.3, 0.4) is 0 Å². The summed E-state index contributed by atoms with van der Waals surface area (Å²) in [7, 11) is 0. The summed E-state index contributed by atoms with van der Waals surface area (Å²) in [6.45, 7) is 8.40. The van der Waals surface area contributed by atoms with Crippen LogP contribution in [0.15, 0.2) is 28.3 Å². The van der Waals surface area contributed by atoms with Gasteiger partial charge in [0.25, 0.3) is 0 Å². The molecule has 0 aromatic carbocycles. The number of hydrogen-bond donors (Lipinski definition) is 2. The van der Waals surface area contributed by atoms with E-state index in [0.717, 1.165) is 25.1 Å². The quantitative estimate of drug-likeness (QED) is 0.646. The monoisotopic (exact) mass is 275 g/mol. The first-order valence-corrected chi connectivity index (χ1v) is 6.92. The fourth-order valence-electron chi connectivity index (χ4n) is 2.75. The summed E-state index contributed by atoms with van der Waals surface area (Å²) in [6.07, 6.45) is 6.96. The van der Waals surface area contributed by atoms with E-state index in [1.165, 1.54) is 0 Å². The van der Waals surface area contributed by atoms with Gasteiger partial charge in [0.15, 0.2) is 0 Å². The van der Waals surface area contributed by atoms with E-state index in [9.17, 15) is 9.59 Å². The maximum atomic E-state index is 12.2. The Balaban J connectivity index is 2.59. The van der Waals surface area contributed by atoms with Gasteiger partial charge in [-0.25, -0.2) is 0 Å². The number of aryl methyl sites for hydroxylation is 1. The maximum absolute atomic E-state index is 12.2. The van der Waals surface area contributed by atoms with E-state index in [1.54, 1.807) is 16.7 Å². The number of piperidine rings is 1. The van der Waals surface area contributed by atoms with Crippen LogP contribution in [-0.2, 0) is 0 Å². The molecule has 1 aromatic rings. The summed E-state index contributed by atoms with van der Waals surface area (Å²) in [6, 6.07) is 0.403. The number of H-pyrrole nitrogens is 1. The third-order valence-electron chi connectivity index (χ3n) is 3.71. The molecular formula is C15H21N3O2. The van der Waals surface area contributed by atoms with Crippen molar-refractivity contribution in [2.45, 2.75) is 38.8 Å². The summed E-state index contributed by atoms with van der Waals surface area (Å²) in [5.74, 6) is 0. The molecule has 1 aromatic heterocycles. The molecule has 0 amide bonds. The van der Waals surface area contributed by atoms with Gasteiger partial charge >= 0.3 is 11.1 Å². The highest BCUT2D eigenvalue weighted by Crippen LogP contribution is 2.22. The molecule has 2 rings (SSSR count). The van der Waals surface area contributed by atoms with Gasteiger partial charge in [-0.15, -0.1) is 0 Å². The molecule has 0 bridgehead atoms. The fraction of sp³-hybridized carbons (Fsp3) is 0.467. The molecule has 20 heavy (non-hydrogen) atoms. The molecule has 1 fully saturated rings. The van der Waals surface area contributed by atoms with Crippen molar-refractivity contribution >= 4 is 6.08 Å². The van der Waals surface area contributed by atoms with E-state index in [2.05, 4.69) is 23.8 Å². The third kappa shape index (κ3) is 2.82. The Morgan fingerprint density at radius 2 is 2.15 bits per heavy atom. The normalized spacial score (nSPS) is 23.1. The van der Waals surface area contributed by atoms with E-state index in [-0.39, 0.29) is 6.04 Å². The minimum atomic E-state index is -0.551. The van der Waals surface area contributed by atoms with Gasteiger partial charge in [-0.05, 0) is 39.3 Å². The smallest absolute Gasteiger partial charge is 0.316 e. The number of hydrogen-bond acceptors (Lipinski definition) is 3. The van der Waals surface area contributed by atoms with Crippen LogP contribution >= 0.6 is 0 Å². The molecule has 0 aliphatic carbocycles. The van der Waals surface area contributed by atoms with Crippen molar-refractivity contribution in [3.8, 4) is 0 Å². The predicted octanol–water partition coefficient (Wildman–Crippen LogP) is 1.36. The van der Waals surface area contributed by atoms with Crippen molar-refractivity contribution in [2.75, 3.05) is 6.54 Å². The van der Waals surface area contributed by atoms with Crippen molar-refractivity contribution in [3.63, 3.8) is 0 Å². The lowest BCUT2D eigenvalue weighted by Crippen LogP contribution is -2.45. The highest BCUT2D eigenvalue weighted by atomic mass is 16.2. The molecule has 5 heteroatoms. The van der Waals surface area contributed by atoms with E-state index in [1.807, 2.05) is 13.0 Å². The molecule has 108 valence electrons. The first kappa shape index (κ1) is 14.5. The van der Waals surface area contributed by atoms with Crippen molar-refractivity contribution < 1.29 is 0 Å². The van der Waals surface area contributed by atoms with Crippen molar-refractivity contribution in [1.82, 2.24) is 14.9 Å². The van der Waals surface area contributed by atoms with E-state index < -0.39 is 11.1 Å². The van der Waals surface area contributed by atoms with Crippen molar-refractivity contribution in [3.05, 3.63) is 50.8 Å². The van der Waals surface area contributed by atoms with Crippen LogP contribution in [0.2, 0.25) is 0 Å². The summed E-state index contributed by atoms with van der Waals surface area (Å²) < 4.78 is 1.64. The zero-order chi connectivity index (χ0) is 14.7. The van der Waals surface area contributed by atoms with Crippen LogP contribution in [0.1, 0.15) is 37.2 Å². The van der Waals surface area contributed by atoms with Crippen LogP contribution in [0, 0.1) is 6.92 Å². The highest BCUT2D eigenvalue weighted by molar-refractivity contribution is 5.49. The van der Waals surface area contributed by atoms with Gasteiger partial charge in [0.2, 0.25) is 0 Å². The van der Waals surface area contributed by atoms with Crippen LogP contribution in [-0.4, -0.2) is 22.1 Å². The lowest BCUT2D eigenvalue weighted by Gasteiger charge is -2.30. The van der Waals surface area contributed by atoms with E-state index in [4.69, 9.17) is 0 Å². The number of nitrogens with zero attached hydrogens (tertiary/aromatic N) is 1. The predicted molar refractivity (Wildman–Crippen MR) is 81.0 cm³/mol. The minimum absolute atomic E-state index is 0.0595. The molecular weight excluding hydrogens is 254 g/mol. The maximum Gasteiger partial charge on any atom is 0.316 e. The zero-order valence-electron chi connectivity index (χ0n) is 12.0. The SMILES string of the molecule is C=C/C=C\c1c(C)[nH]c(=O)c(=O)n1C1CCNC(C)C1. The molecule has 2 atom stereocenters. The first-order valence-electron chi connectivity index (χ1n) is 6.92. The Kier molecular flexibility index (Phi) is 4.39. The summed E-state index contributed by atoms with van der Waals surface area (Å²) in [4.78, 5) is 26.6. The second kappa shape index (κ2) is 6.05. The first-order chi connectivity index (χ1) is 9.54. The standard InChI is InChI=1S/C15H21N3O2/c1-4-5-6-13-11(3)17-14(19)15(20)18(13)12-7-8-16-10(2)9-12/h4-6,10,12,16H,1,7-9H2,2-3H3,(H,17,19)/b6-5-. The lowest BCUT2D eigenvalue weighted by atomic mass is 9.99. The number of rotatable bonds is 3. The molecule has 0 spiro atoms. The van der Waals surface area contributed by atoms with Gasteiger partial charge in [-0.1, -0.05) is 18.7 Å². The van der Waals surface area contributed by atoms with Gasteiger partial charge in [0.05, 0.1) is 5.69 Å².